The second-order valence-electron chi connectivity index (χ2n) is 11.2. The molecule has 45 heavy (non-hydrogen) atoms. The number of piperidine rings is 1. The van der Waals surface area contributed by atoms with Gasteiger partial charge in [-0.15, -0.1) is 0 Å². The highest BCUT2D eigenvalue weighted by Crippen LogP contribution is 2.49. The number of nitrogens with one attached hydrogen (secondary N) is 2. The van der Waals surface area contributed by atoms with Crippen LogP contribution in [0.2, 0.25) is 0 Å². The average molecular weight is 639 g/mol. The fourth-order valence-electron chi connectivity index (χ4n) is 6.92. The monoisotopic (exact) mass is 638 g/mol. The van der Waals surface area contributed by atoms with Gasteiger partial charge in [0.25, 0.3) is 0 Å². The molecule has 3 aliphatic heterocycles. The Labute approximate surface area is 263 Å². The molecule has 3 heterocycles. The number of hydrogen-bond donors (Lipinski definition) is 2. The molecule has 6 rings (SSSR count). The fraction of sp³-hybridized carbons (Fsp3) is 0.406. The maximum atomic E-state index is 14.2. The molecule has 3 atom stereocenters. The van der Waals surface area contributed by atoms with Crippen LogP contribution in [0.4, 0.5) is 17.1 Å². The minimum absolute atomic E-state index is 0.178. The van der Waals surface area contributed by atoms with Gasteiger partial charge in [0.1, 0.15) is 17.5 Å². The van der Waals surface area contributed by atoms with Crippen LogP contribution in [0.25, 0.3) is 0 Å². The first-order valence-corrected chi connectivity index (χ1v) is 16.2. The van der Waals surface area contributed by atoms with E-state index in [-0.39, 0.29) is 5.91 Å². The van der Waals surface area contributed by atoms with Crippen LogP contribution >= 0.6 is 0 Å². The zero-order valence-electron chi connectivity index (χ0n) is 26.0. The van der Waals surface area contributed by atoms with Crippen molar-refractivity contribution in [1.82, 2.24) is 9.21 Å². The normalized spacial score (nSPS) is 20.9. The average Bonchev–Trinajstić information content (AvgIpc) is 3.05. The van der Waals surface area contributed by atoms with Gasteiger partial charge in [-0.3, -0.25) is 9.52 Å². The second kappa shape index (κ2) is 12.2. The summed E-state index contributed by atoms with van der Waals surface area (Å²) in [6.45, 7) is 0.510. The van der Waals surface area contributed by atoms with E-state index in [0.717, 1.165) is 17.5 Å². The van der Waals surface area contributed by atoms with Gasteiger partial charge >= 0.3 is 10.2 Å². The first-order valence-electron chi connectivity index (χ1n) is 14.8. The van der Waals surface area contributed by atoms with Gasteiger partial charge in [0.2, 0.25) is 11.7 Å². The minimum atomic E-state index is -4.15. The van der Waals surface area contributed by atoms with Crippen molar-refractivity contribution >= 4 is 33.2 Å². The second-order valence-corrected chi connectivity index (χ2v) is 12.8. The third-order valence-electron chi connectivity index (χ3n) is 8.79. The van der Waals surface area contributed by atoms with Crippen molar-refractivity contribution in [2.45, 2.75) is 43.8 Å². The summed E-state index contributed by atoms with van der Waals surface area (Å²) in [6.07, 6.45) is 2.47. The summed E-state index contributed by atoms with van der Waals surface area (Å²) in [4.78, 5) is 15.8. The third kappa shape index (κ3) is 5.44. The van der Waals surface area contributed by atoms with E-state index in [4.69, 9.17) is 23.7 Å². The number of ether oxygens (including phenoxy) is 5. The number of piperazine rings is 1. The Morgan fingerprint density at radius 1 is 0.800 bits per heavy atom. The number of methoxy groups -OCH3 is 5. The van der Waals surface area contributed by atoms with E-state index >= 15 is 0 Å². The molecule has 0 spiro atoms. The van der Waals surface area contributed by atoms with Crippen molar-refractivity contribution in [3.63, 3.8) is 0 Å². The van der Waals surface area contributed by atoms with Crippen LogP contribution in [0.3, 0.4) is 0 Å². The molecule has 0 saturated carbocycles. The molecule has 3 unspecified atom stereocenters. The van der Waals surface area contributed by atoms with Crippen molar-refractivity contribution in [3.05, 3.63) is 59.7 Å². The van der Waals surface area contributed by atoms with Crippen molar-refractivity contribution in [3.8, 4) is 28.7 Å². The van der Waals surface area contributed by atoms with Gasteiger partial charge in [-0.2, -0.15) is 12.7 Å². The lowest BCUT2D eigenvalue weighted by Crippen LogP contribution is -2.67. The number of carbonyl (C=O) groups is 1. The van der Waals surface area contributed by atoms with E-state index < -0.39 is 28.3 Å². The summed E-state index contributed by atoms with van der Waals surface area (Å²) >= 11 is 0. The molecule has 0 aromatic heterocycles. The van der Waals surface area contributed by atoms with E-state index in [1.165, 1.54) is 25.6 Å². The maximum absolute atomic E-state index is 14.2. The van der Waals surface area contributed by atoms with Crippen molar-refractivity contribution in [2.24, 2.45) is 0 Å². The smallest absolute Gasteiger partial charge is 0.302 e. The molecule has 12 nitrogen and oxygen atoms in total. The van der Waals surface area contributed by atoms with Gasteiger partial charge < -0.3 is 33.9 Å². The summed E-state index contributed by atoms with van der Waals surface area (Å²) < 4.78 is 60.1. The van der Waals surface area contributed by atoms with E-state index in [0.29, 0.717) is 71.6 Å². The number of anilines is 3. The van der Waals surface area contributed by atoms with Crippen LogP contribution in [-0.2, 0) is 21.4 Å². The Bertz CT molecular complexity index is 1670. The van der Waals surface area contributed by atoms with Crippen molar-refractivity contribution in [1.29, 1.82) is 0 Å². The molecule has 13 heteroatoms. The lowest BCUT2D eigenvalue weighted by Gasteiger charge is -2.54. The van der Waals surface area contributed by atoms with Gasteiger partial charge in [-0.25, -0.2) is 0 Å². The SMILES string of the molecule is COc1cc2c(c(OC)c1)C1C3CCCC(C(=O)N1CC2)N3S(=O)(=O)Nc1cccc(Nc2cc(OC)c(OC)c(OC)c2)c1. The van der Waals surface area contributed by atoms with Gasteiger partial charge in [0.05, 0.1) is 53.3 Å². The first kappa shape index (κ1) is 30.7. The van der Waals surface area contributed by atoms with Crippen molar-refractivity contribution in [2.75, 3.05) is 52.1 Å². The van der Waals surface area contributed by atoms with Crippen LogP contribution in [-0.4, -0.2) is 77.7 Å². The Hall–Kier alpha value is -4.36. The predicted octanol–water partition coefficient (Wildman–Crippen LogP) is 4.49. The lowest BCUT2D eigenvalue weighted by atomic mass is 9.79. The summed E-state index contributed by atoms with van der Waals surface area (Å²) in [7, 11) is 3.64. The number of nitrogens with zero attached hydrogens (tertiary/aromatic N) is 2. The predicted molar refractivity (Wildman–Crippen MR) is 169 cm³/mol. The molecule has 1 amide bonds. The number of benzene rings is 3. The number of hydrogen-bond acceptors (Lipinski definition) is 9. The molecule has 0 radical (unpaired) electrons. The number of rotatable bonds is 10. The largest absolute Gasteiger partial charge is 0.497 e. The summed E-state index contributed by atoms with van der Waals surface area (Å²) in [5, 5.41) is 3.28. The lowest BCUT2D eigenvalue weighted by molar-refractivity contribution is -0.150. The molecule has 2 fully saturated rings. The van der Waals surface area contributed by atoms with E-state index in [1.807, 2.05) is 17.0 Å². The molecular formula is C32H38N4O8S. The number of amides is 1. The molecule has 2 N–H and O–H groups in total. The van der Waals surface area contributed by atoms with Gasteiger partial charge in [-0.1, -0.05) is 6.07 Å². The molecular weight excluding hydrogens is 600 g/mol. The highest BCUT2D eigenvalue weighted by Gasteiger charge is 2.55. The minimum Gasteiger partial charge on any atom is -0.497 e. The number of fused-ring (bicyclic) bond motifs is 6. The molecule has 0 aliphatic carbocycles. The zero-order valence-corrected chi connectivity index (χ0v) is 26.8. The Balaban J connectivity index is 1.31. The molecule has 240 valence electrons. The van der Waals surface area contributed by atoms with E-state index in [1.54, 1.807) is 50.6 Å². The highest BCUT2D eigenvalue weighted by molar-refractivity contribution is 7.90. The van der Waals surface area contributed by atoms with Gasteiger partial charge in [-0.05, 0) is 55.5 Å². The van der Waals surface area contributed by atoms with E-state index in [9.17, 15) is 13.2 Å². The van der Waals surface area contributed by atoms with Crippen molar-refractivity contribution < 1.29 is 36.9 Å². The fourth-order valence-corrected chi connectivity index (χ4v) is 8.56. The quantitative estimate of drug-likeness (QED) is 0.330. The Morgan fingerprint density at radius 3 is 2.18 bits per heavy atom. The summed E-state index contributed by atoms with van der Waals surface area (Å²) in [5.74, 6) is 2.49. The van der Waals surface area contributed by atoms with Gasteiger partial charge in [0.15, 0.2) is 11.5 Å². The maximum Gasteiger partial charge on any atom is 0.302 e. The molecule has 3 aliphatic rings. The van der Waals surface area contributed by atoms with Crippen LogP contribution in [0, 0.1) is 0 Å². The van der Waals surface area contributed by atoms with Crippen LogP contribution < -0.4 is 33.7 Å². The van der Waals surface area contributed by atoms with Crippen LogP contribution in [0.1, 0.15) is 36.4 Å². The molecule has 3 aromatic rings. The highest BCUT2D eigenvalue weighted by atomic mass is 32.2. The number of carbonyl (C=O) groups excluding carboxylic acids is 1. The van der Waals surface area contributed by atoms with Crippen LogP contribution in [0.15, 0.2) is 48.5 Å². The standard InChI is InChI=1S/C32H38N4O8S/c1-40-23-14-19-12-13-35-30(29(19)26(18-23)41-2)24-10-7-11-25(32(35)37)36(24)45(38,39)34-21-9-6-8-20(15-21)33-22-16-27(42-3)31(44-5)28(17-22)43-4/h6,8-9,14-18,24-25,30,33-34H,7,10-13H2,1-5H3. The van der Waals surface area contributed by atoms with E-state index in [2.05, 4.69) is 10.0 Å². The first-order chi connectivity index (χ1) is 21.7. The van der Waals surface area contributed by atoms with Crippen LogP contribution in [0.5, 0.6) is 28.7 Å². The zero-order chi connectivity index (χ0) is 31.9. The molecule has 3 aromatic carbocycles. The molecule has 2 saturated heterocycles. The Kier molecular flexibility index (Phi) is 8.31. The Morgan fingerprint density at radius 2 is 1.51 bits per heavy atom. The van der Waals surface area contributed by atoms with Gasteiger partial charge in [0, 0.05) is 41.7 Å². The molecule has 2 bridgehead atoms. The summed E-state index contributed by atoms with van der Waals surface area (Å²) in [6, 6.07) is 12.5. The summed E-state index contributed by atoms with van der Waals surface area (Å²) in [5.41, 5.74) is 3.49. The third-order valence-corrected chi connectivity index (χ3v) is 10.4. The topological polar surface area (TPSA) is 128 Å².